The number of benzene rings is 1. The summed E-state index contributed by atoms with van der Waals surface area (Å²) in [6.07, 6.45) is 0.640. The number of ether oxygens (including phenoxy) is 1. The summed E-state index contributed by atoms with van der Waals surface area (Å²) in [5.74, 6) is 2.25. The Bertz CT molecular complexity index is 582. The largest absolute Gasteiger partial charge is 0.497 e. The summed E-state index contributed by atoms with van der Waals surface area (Å²) >= 11 is 0. The molecule has 0 bridgehead atoms. The molecule has 1 N–H and O–H groups in total. The molecule has 3 rings (SSSR count). The molecule has 0 amide bonds. The average Bonchev–Trinajstić information content (AvgIpc) is 2.97. The maximum atomic E-state index is 5.38. The monoisotopic (exact) mass is 288 g/mol. The molecule has 0 saturated carbocycles. The number of hydrogen-bond acceptors (Lipinski definition) is 6. The van der Waals surface area contributed by atoms with E-state index in [1.807, 2.05) is 24.3 Å². The topological polar surface area (TPSA) is 63.4 Å². The highest BCUT2D eigenvalue weighted by Crippen LogP contribution is 2.19. The van der Waals surface area contributed by atoms with Crippen LogP contribution in [0.5, 0.6) is 5.75 Å². The van der Waals surface area contributed by atoms with Crippen LogP contribution in [0.15, 0.2) is 28.8 Å². The number of nitrogens with zero attached hydrogens (tertiary/aromatic N) is 3. The van der Waals surface area contributed by atoms with Crippen molar-refractivity contribution in [2.75, 3.05) is 33.8 Å². The first kappa shape index (κ1) is 14.0. The molecule has 2 aromatic rings. The molecule has 1 fully saturated rings. The van der Waals surface area contributed by atoms with Crippen molar-refractivity contribution in [3.8, 4) is 5.75 Å². The lowest BCUT2D eigenvalue weighted by Crippen LogP contribution is -2.44. The van der Waals surface area contributed by atoms with Crippen LogP contribution in [-0.2, 0) is 6.42 Å². The van der Waals surface area contributed by atoms with Gasteiger partial charge >= 0.3 is 0 Å². The van der Waals surface area contributed by atoms with E-state index < -0.39 is 0 Å². The van der Waals surface area contributed by atoms with Crippen LogP contribution in [0.4, 0.5) is 0 Å². The van der Waals surface area contributed by atoms with Crippen molar-refractivity contribution in [1.82, 2.24) is 20.4 Å². The molecule has 21 heavy (non-hydrogen) atoms. The van der Waals surface area contributed by atoms with Crippen LogP contribution >= 0.6 is 0 Å². The summed E-state index contributed by atoms with van der Waals surface area (Å²) in [6, 6.07) is 8.08. The van der Waals surface area contributed by atoms with Gasteiger partial charge in [-0.1, -0.05) is 17.3 Å². The van der Waals surface area contributed by atoms with E-state index in [0.717, 1.165) is 36.8 Å². The van der Waals surface area contributed by atoms with Gasteiger partial charge in [-0.15, -0.1) is 0 Å². The van der Waals surface area contributed by atoms with Crippen LogP contribution in [0.1, 0.15) is 23.3 Å². The number of aromatic nitrogens is 2. The molecule has 0 radical (unpaired) electrons. The molecular formula is C15H20N4O2. The predicted molar refractivity (Wildman–Crippen MR) is 78.3 cm³/mol. The molecule has 6 heteroatoms. The first-order valence-corrected chi connectivity index (χ1v) is 7.12. The molecule has 2 heterocycles. The number of hydrogen-bond donors (Lipinski definition) is 1. The lowest BCUT2D eigenvalue weighted by Gasteiger charge is -2.30. The summed E-state index contributed by atoms with van der Waals surface area (Å²) < 4.78 is 10.5. The fourth-order valence-corrected chi connectivity index (χ4v) is 2.49. The Morgan fingerprint density at radius 1 is 1.38 bits per heavy atom. The van der Waals surface area contributed by atoms with Crippen LogP contribution in [0.3, 0.4) is 0 Å². The molecule has 6 nitrogen and oxygen atoms in total. The van der Waals surface area contributed by atoms with Crippen molar-refractivity contribution in [3.05, 3.63) is 41.5 Å². The van der Waals surface area contributed by atoms with Crippen molar-refractivity contribution in [1.29, 1.82) is 0 Å². The molecule has 1 aliphatic rings. The Morgan fingerprint density at radius 3 is 2.90 bits per heavy atom. The summed E-state index contributed by atoms with van der Waals surface area (Å²) in [5.41, 5.74) is 1.13. The molecule has 1 aromatic carbocycles. The van der Waals surface area contributed by atoms with Crippen LogP contribution in [0.2, 0.25) is 0 Å². The van der Waals surface area contributed by atoms with Gasteiger partial charge in [0.05, 0.1) is 19.6 Å². The van der Waals surface area contributed by atoms with Crippen molar-refractivity contribution in [2.24, 2.45) is 0 Å². The number of rotatable bonds is 4. The summed E-state index contributed by atoms with van der Waals surface area (Å²) in [5, 5.41) is 7.49. The van der Waals surface area contributed by atoms with Crippen molar-refractivity contribution < 1.29 is 9.26 Å². The highest BCUT2D eigenvalue weighted by Gasteiger charge is 2.25. The smallest absolute Gasteiger partial charge is 0.231 e. The average molecular weight is 288 g/mol. The maximum absolute atomic E-state index is 5.38. The number of piperazine rings is 1. The molecule has 0 aliphatic carbocycles. The number of methoxy groups -OCH3 is 1. The minimum atomic E-state index is 0.187. The fourth-order valence-electron chi connectivity index (χ4n) is 2.49. The molecule has 1 aromatic heterocycles. The SMILES string of the molecule is COc1ccc(Cc2nc(C3CNCCN3C)no2)cc1. The minimum absolute atomic E-state index is 0.187. The first-order chi connectivity index (χ1) is 10.3. The van der Waals surface area contributed by atoms with Gasteiger partial charge in [-0.3, -0.25) is 4.90 Å². The standard InChI is InChI=1S/C15H20N4O2/c1-19-8-7-16-10-13(19)15-17-14(21-18-15)9-11-3-5-12(20-2)6-4-11/h3-6,13,16H,7-10H2,1-2H3. The second-order valence-corrected chi connectivity index (χ2v) is 5.27. The van der Waals surface area contributed by atoms with Gasteiger partial charge in [0.15, 0.2) is 5.82 Å². The fraction of sp³-hybridized carbons (Fsp3) is 0.467. The Kier molecular flexibility index (Phi) is 4.17. The van der Waals surface area contributed by atoms with Crippen LogP contribution in [0.25, 0.3) is 0 Å². The second kappa shape index (κ2) is 6.24. The summed E-state index contributed by atoms with van der Waals surface area (Å²) in [7, 11) is 3.75. The Hall–Kier alpha value is -1.92. The highest BCUT2D eigenvalue weighted by molar-refractivity contribution is 5.28. The molecule has 1 saturated heterocycles. The Labute approximate surface area is 124 Å². The van der Waals surface area contributed by atoms with E-state index in [1.165, 1.54) is 0 Å². The van der Waals surface area contributed by atoms with Gasteiger partial charge in [0.2, 0.25) is 5.89 Å². The van der Waals surface area contributed by atoms with E-state index in [-0.39, 0.29) is 6.04 Å². The zero-order valence-corrected chi connectivity index (χ0v) is 12.4. The molecule has 1 aliphatic heterocycles. The third-order valence-corrected chi connectivity index (χ3v) is 3.81. The van der Waals surface area contributed by atoms with Gasteiger partial charge in [0.1, 0.15) is 5.75 Å². The number of likely N-dealkylation sites (N-methyl/N-ethyl adjacent to an activating group) is 1. The summed E-state index contributed by atoms with van der Waals surface area (Å²) in [6.45, 7) is 2.86. The summed E-state index contributed by atoms with van der Waals surface area (Å²) in [4.78, 5) is 6.78. The molecule has 0 spiro atoms. The van der Waals surface area contributed by atoms with E-state index in [1.54, 1.807) is 7.11 Å². The predicted octanol–water partition coefficient (Wildman–Crippen LogP) is 1.25. The van der Waals surface area contributed by atoms with Crippen LogP contribution in [0, 0.1) is 0 Å². The highest BCUT2D eigenvalue weighted by atomic mass is 16.5. The first-order valence-electron chi connectivity index (χ1n) is 7.12. The molecular weight excluding hydrogens is 268 g/mol. The van der Waals surface area contributed by atoms with Gasteiger partial charge in [0.25, 0.3) is 0 Å². The lowest BCUT2D eigenvalue weighted by atomic mass is 10.1. The minimum Gasteiger partial charge on any atom is -0.497 e. The van der Waals surface area contributed by atoms with E-state index in [2.05, 4.69) is 27.4 Å². The van der Waals surface area contributed by atoms with Crippen LogP contribution in [-0.4, -0.2) is 48.8 Å². The van der Waals surface area contributed by atoms with Crippen molar-refractivity contribution in [2.45, 2.75) is 12.5 Å². The van der Waals surface area contributed by atoms with Crippen LogP contribution < -0.4 is 10.1 Å². The third-order valence-electron chi connectivity index (χ3n) is 3.81. The normalized spacial score (nSPS) is 19.6. The van der Waals surface area contributed by atoms with Gasteiger partial charge in [0, 0.05) is 19.6 Å². The third kappa shape index (κ3) is 3.22. The van der Waals surface area contributed by atoms with Gasteiger partial charge in [-0.25, -0.2) is 0 Å². The van der Waals surface area contributed by atoms with Crippen molar-refractivity contribution in [3.63, 3.8) is 0 Å². The molecule has 112 valence electrons. The second-order valence-electron chi connectivity index (χ2n) is 5.27. The van der Waals surface area contributed by atoms with Gasteiger partial charge in [-0.05, 0) is 24.7 Å². The van der Waals surface area contributed by atoms with Gasteiger partial charge < -0.3 is 14.6 Å². The Morgan fingerprint density at radius 2 is 2.19 bits per heavy atom. The van der Waals surface area contributed by atoms with E-state index >= 15 is 0 Å². The van der Waals surface area contributed by atoms with E-state index in [4.69, 9.17) is 9.26 Å². The molecule has 1 atom stereocenters. The zero-order chi connectivity index (χ0) is 14.7. The Balaban J connectivity index is 1.69. The van der Waals surface area contributed by atoms with E-state index in [0.29, 0.717) is 12.3 Å². The van der Waals surface area contributed by atoms with E-state index in [9.17, 15) is 0 Å². The van der Waals surface area contributed by atoms with Crippen molar-refractivity contribution >= 4 is 0 Å². The maximum Gasteiger partial charge on any atom is 0.231 e. The quantitative estimate of drug-likeness (QED) is 0.913. The van der Waals surface area contributed by atoms with Gasteiger partial charge in [-0.2, -0.15) is 4.98 Å². The zero-order valence-electron chi connectivity index (χ0n) is 12.4. The number of nitrogens with one attached hydrogen (secondary N) is 1. The lowest BCUT2D eigenvalue weighted by molar-refractivity contribution is 0.190. The molecule has 1 unspecified atom stereocenters.